The van der Waals surface area contributed by atoms with Crippen LogP contribution < -0.4 is 20.5 Å². The monoisotopic (exact) mass is 534 g/mol. The molecule has 0 fully saturated rings. The van der Waals surface area contributed by atoms with Gasteiger partial charge in [-0.05, 0) is 19.9 Å². The average molecular weight is 535 g/mol. The first-order valence-corrected chi connectivity index (χ1v) is 10.5. The van der Waals surface area contributed by atoms with Crippen LogP contribution >= 0.6 is 11.6 Å². The molecule has 3 aromatic rings. The van der Waals surface area contributed by atoms with Gasteiger partial charge in [0.1, 0.15) is 17.9 Å². The predicted molar refractivity (Wildman–Crippen MR) is 117 cm³/mol. The molecule has 11 nitrogen and oxygen atoms in total. The Morgan fingerprint density at radius 1 is 1.33 bits per heavy atom. The van der Waals surface area contributed by atoms with E-state index in [1.54, 1.807) is 6.92 Å². The second-order valence-corrected chi connectivity index (χ2v) is 7.53. The number of alkyl halides is 3. The molecule has 0 saturated carbocycles. The number of aromatic nitrogens is 5. The van der Waals surface area contributed by atoms with Crippen LogP contribution in [-0.4, -0.2) is 54.7 Å². The first kappa shape index (κ1) is 26.9. The number of aliphatic hydroxyl groups is 1. The van der Waals surface area contributed by atoms with Gasteiger partial charge in [-0.3, -0.25) is 9.36 Å². The molecule has 3 heterocycles. The van der Waals surface area contributed by atoms with Crippen molar-refractivity contribution < 1.29 is 36.9 Å². The van der Waals surface area contributed by atoms with Crippen molar-refractivity contribution in [3.63, 3.8) is 0 Å². The molecule has 1 atom stereocenters. The van der Waals surface area contributed by atoms with E-state index in [1.165, 1.54) is 19.4 Å². The SMILES string of the molecule is CCn1c(CO)nn(-c2nc(O[C@@H](C)C(F)(F)F)c(C(=O)Nc3ncc(OC)cc3Cl)cc2F)c1=O. The minimum Gasteiger partial charge on any atom is -0.495 e. The summed E-state index contributed by atoms with van der Waals surface area (Å²) in [5, 5.41) is 15.3. The topological polar surface area (TPSA) is 133 Å². The Bertz CT molecular complexity index is 1340. The lowest BCUT2D eigenvalue weighted by Crippen LogP contribution is -2.33. The number of halogens is 5. The fourth-order valence-corrected chi connectivity index (χ4v) is 3.11. The van der Waals surface area contributed by atoms with E-state index < -0.39 is 53.6 Å². The first-order valence-electron chi connectivity index (χ1n) is 10.2. The summed E-state index contributed by atoms with van der Waals surface area (Å²) >= 11 is 6.03. The maximum atomic E-state index is 15.0. The summed E-state index contributed by atoms with van der Waals surface area (Å²) in [6, 6.07) is 1.84. The van der Waals surface area contributed by atoms with Crippen molar-refractivity contribution in [1.29, 1.82) is 0 Å². The number of aliphatic hydroxyl groups excluding tert-OH is 1. The van der Waals surface area contributed by atoms with Crippen molar-refractivity contribution in [2.45, 2.75) is 39.3 Å². The van der Waals surface area contributed by atoms with Crippen LogP contribution in [0.2, 0.25) is 5.02 Å². The van der Waals surface area contributed by atoms with E-state index in [2.05, 4.69) is 20.4 Å². The molecule has 0 radical (unpaired) electrons. The predicted octanol–water partition coefficient (Wildman–Crippen LogP) is 2.72. The maximum Gasteiger partial charge on any atom is 0.425 e. The van der Waals surface area contributed by atoms with E-state index in [0.29, 0.717) is 17.7 Å². The second kappa shape index (κ2) is 10.5. The van der Waals surface area contributed by atoms with Gasteiger partial charge in [0, 0.05) is 12.6 Å². The number of amides is 1. The lowest BCUT2D eigenvalue weighted by Gasteiger charge is -2.19. The Morgan fingerprint density at radius 2 is 2.03 bits per heavy atom. The molecule has 3 rings (SSSR count). The number of carbonyl (C=O) groups is 1. The third-order valence-corrected chi connectivity index (χ3v) is 5.09. The highest BCUT2D eigenvalue weighted by Gasteiger charge is 2.39. The van der Waals surface area contributed by atoms with Crippen molar-refractivity contribution >= 4 is 23.3 Å². The van der Waals surface area contributed by atoms with Gasteiger partial charge in [-0.15, -0.1) is 5.10 Å². The largest absolute Gasteiger partial charge is 0.495 e. The van der Waals surface area contributed by atoms with Crippen LogP contribution in [0.4, 0.5) is 23.4 Å². The van der Waals surface area contributed by atoms with Gasteiger partial charge in [0.15, 0.2) is 29.4 Å². The number of anilines is 1. The number of nitrogens with zero attached hydrogens (tertiary/aromatic N) is 5. The third kappa shape index (κ3) is 5.41. The van der Waals surface area contributed by atoms with E-state index in [1.807, 2.05) is 0 Å². The molecule has 3 aromatic heterocycles. The van der Waals surface area contributed by atoms with E-state index in [9.17, 15) is 27.9 Å². The zero-order valence-corrected chi connectivity index (χ0v) is 19.7. The van der Waals surface area contributed by atoms with Gasteiger partial charge in [-0.2, -0.15) is 22.8 Å². The highest BCUT2D eigenvalue weighted by molar-refractivity contribution is 6.33. The molecule has 0 aliphatic carbocycles. The minimum atomic E-state index is -4.87. The molecule has 0 spiro atoms. The standard InChI is InChI=1S/C20H19ClF4N6O5/c1-4-30-14(8-32)29-31(19(30)34)16-13(22)6-11(18(28-16)36-9(2)20(23,24)25)17(33)27-15-12(21)5-10(35-3)7-26-15/h5-7,9,32H,4,8H2,1-3H3,(H,26,27,33)/t9-/m0/s1. The number of hydrogen-bond acceptors (Lipinski definition) is 8. The van der Waals surface area contributed by atoms with Crippen molar-refractivity contribution in [1.82, 2.24) is 24.3 Å². The summed E-state index contributed by atoms with van der Waals surface area (Å²) in [5.74, 6) is -4.31. The van der Waals surface area contributed by atoms with Gasteiger partial charge < -0.3 is 19.9 Å². The van der Waals surface area contributed by atoms with E-state index >= 15 is 4.39 Å². The lowest BCUT2D eigenvalue weighted by atomic mass is 10.2. The van der Waals surface area contributed by atoms with E-state index in [-0.39, 0.29) is 29.0 Å². The smallest absolute Gasteiger partial charge is 0.425 e. The van der Waals surface area contributed by atoms with Crippen molar-refractivity contribution in [2.75, 3.05) is 12.4 Å². The van der Waals surface area contributed by atoms with E-state index in [4.69, 9.17) is 21.1 Å². The molecule has 0 bridgehead atoms. The molecule has 194 valence electrons. The number of nitrogens with one attached hydrogen (secondary N) is 1. The third-order valence-electron chi connectivity index (χ3n) is 4.80. The number of methoxy groups -OCH3 is 1. The van der Waals surface area contributed by atoms with E-state index in [0.717, 1.165) is 4.57 Å². The summed E-state index contributed by atoms with van der Waals surface area (Å²) in [5.41, 5.74) is -1.67. The average Bonchev–Trinajstić information content (AvgIpc) is 3.15. The van der Waals surface area contributed by atoms with Crippen molar-refractivity contribution in [3.8, 4) is 17.4 Å². The zero-order chi connectivity index (χ0) is 26.8. The van der Waals surface area contributed by atoms with Gasteiger partial charge in [0.05, 0.1) is 18.3 Å². The van der Waals surface area contributed by atoms with Gasteiger partial charge in [0.2, 0.25) is 5.88 Å². The first-order chi connectivity index (χ1) is 16.9. The van der Waals surface area contributed by atoms with Crippen molar-refractivity contribution in [3.05, 3.63) is 51.0 Å². The Kier molecular flexibility index (Phi) is 7.83. The molecule has 0 unspecified atom stereocenters. The molecule has 0 aromatic carbocycles. The molecule has 36 heavy (non-hydrogen) atoms. The van der Waals surface area contributed by atoms with Crippen LogP contribution in [0.5, 0.6) is 11.6 Å². The fourth-order valence-electron chi connectivity index (χ4n) is 2.91. The maximum absolute atomic E-state index is 15.0. The van der Waals surface area contributed by atoms with Crippen LogP contribution in [0.1, 0.15) is 30.0 Å². The highest BCUT2D eigenvalue weighted by Crippen LogP contribution is 2.29. The Hall–Kier alpha value is -3.72. The lowest BCUT2D eigenvalue weighted by molar-refractivity contribution is -0.190. The van der Waals surface area contributed by atoms with Crippen LogP contribution in [0, 0.1) is 5.82 Å². The number of pyridine rings is 2. The summed E-state index contributed by atoms with van der Waals surface area (Å²) in [6.45, 7) is 1.58. The summed E-state index contributed by atoms with van der Waals surface area (Å²) in [6.07, 6.45) is -6.12. The number of ether oxygens (including phenoxy) is 2. The minimum absolute atomic E-state index is 0.0565. The Balaban J connectivity index is 2.12. The highest BCUT2D eigenvalue weighted by atomic mass is 35.5. The van der Waals surface area contributed by atoms with Crippen LogP contribution in [0.15, 0.2) is 23.1 Å². The van der Waals surface area contributed by atoms with Crippen molar-refractivity contribution in [2.24, 2.45) is 0 Å². The van der Waals surface area contributed by atoms with Crippen LogP contribution in [-0.2, 0) is 13.2 Å². The Labute approximate surface area is 205 Å². The molecular formula is C20H19ClF4N6O5. The number of carbonyl (C=O) groups excluding carboxylic acids is 1. The van der Waals surface area contributed by atoms with Crippen LogP contribution in [0.3, 0.4) is 0 Å². The molecule has 0 aliphatic heterocycles. The molecule has 0 saturated heterocycles. The van der Waals surface area contributed by atoms with Gasteiger partial charge >= 0.3 is 11.9 Å². The molecule has 1 amide bonds. The summed E-state index contributed by atoms with van der Waals surface area (Å²) < 4.78 is 65.8. The Morgan fingerprint density at radius 3 is 2.56 bits per heavy atom. The zero-order valence-electron chi connectivity index (χ0n) is 18.9. The molecular weight excluding hydrogens is 516 g/mol. The van der Waals surface area contributed by atoms with Crippen LogP contribution in [0.25, 0.3) is 5.82 Å². The van der Waals surface area contributed by atoms with Gasteiger partial charge in [-0.25, -0.2) is 14.2 Å². The molecule has 0 aliphatic rings. The molecule has 2 N–H and O–H groups in total. The van der Waals surface area contributed by atoms with Gasteiger partial charge in [-0.1, -0.05) is 11.6 Å². The fraction of sp³-hybridized carbons (Fsp3) is 0.350. The normalized spacial score (nSPS) is 12.4. The number of rotatable bonds is 8. The summed E-state index contributed by atoms with van der Waals surface area (Å²) in [7, 11) is 1.35. The molecule has 16 heteroatoms. The second-order valence-electron chi connectivity index (χ2n) is 7.12. The number of hydrogen-bond donors (Lipinski definition) is 2. The van der Waals surface area contributed by atoms with Gasteiger partial charge in [0.25, 0.3) is 5.91 Å². The quantitative estimate of drug-likeness (QED) is 0.421. The summed E-state index contributed by atoms with van der Waals surface area (Å²) in [4.78, 5) is 33.0.